The Morgan fingerprint density at radius 2 is 1.10 bits per heavy atom. The van der Waals surface area contributed by atoms with E-state index in [1.54, 1.807) is 0 Å². The number of hydrogen-bond acceptors (Lipinski definition) is 4. The fourth-order valence-corrected chi connectivity index (χ4v) is 4.60. The summed E-state index contributed by atoms with van der Waals surface area (Å²) in [6.45, 7) is 4.10. The maximum absolute atomic E-state index is 4.81. The molecule has 1 aliphatic rings. The summed E-state index contributed by atoms with van der Waals surface area (Å²) in [7, 11) is 0. The first kappa shape index (κ1) is 18.9. The molecule has 4 aromatic rings. The van der Waals surface area contributed by atoms with Gasteiger partial charge in [-0.3, -0.25) is 9.97 Å². The summed E-state index contributed by atoms with van der Waals surface area (Å²) < 4.78 is 0. The van der Waals surface area contributed by atoms with Crippen LogP contribution in [0.15, 0.2) is 60.7 Å². The van der Waals surface area contributed by atoms with Gasteiger partial charge in [-0.05, 0) is 51.0 Å². The van der Waals surface area contributed by atoms with E-state index in [1.807, 2.05) is 0 Å². The number of rotatable bonds is 4. The Balaban J connectivity index is 1.45. The molecule has 1 fully saturated rings. The topological polar surface area (TPSA) is 49.8 Å². The van der Waals surface area contributed by atoms with Crippen molar-refractivity contribution in [3.8, 4) is 0 Å². The molecule has 30 heavy (non-hydrogen) atoms. The predicted octanol–water partition coefficient (Wildman–Crippen LogP) is 6.24. The molecule has 0 amide bonds. The fourth-order valence-electron chi connectivity index (χ4n) is 4.60. The second-order valence-corrected chi connectivity index (χ2v) is 8.45. The van der Waals surface area contributed by atoms with Crippen LogP contribution >= 0.6 is 0 Å². The molecule has 4 nitrogen and oxygen atoms in total. The fraction of sp³-hybridized carbons (Fsp3) is 0.308. The first-order chi connectivity index (χ1) is 14.7. The summed E-state index contributed by atoms with van der Waals surface area (Å²) in [6.07, 6.45) is 4.80. The quantitative estimate of drug-likeness (QED) is 0.429. The summed E-state index contributed by atoms with van der Waals surface area (Å²) in [4.78, 5) is 9.62. The van der Waals surface area contributed by atoms with Crippen molar-refractivity contribution < 1.29 is 0 Å². The van der Waals surface area contributed by atoms with Crippen LogP contribution in [0.3, 0.4) is 0 Å². The number of para-hydroxylation sites is 2. The van der Waals surface area contributed by atoms with Crippen molar-refractivity contribution in [1.82, 2.24) is 9.97 Å². The average molecular weight is 397 g/mol. The van der Waals surface area contributed by atoms with E-state index in [0.29, 0.717) is 12.1 Å². The van der Waals surface area contributed by atoms with Crippen LogP contribution in [-0.4, -0.2) is 22.1 Å². The first-order valence-electron chi connectivity index (χ1n) is 10.9. The lowest BCUT2D eigenvalue weighted by Gasteiger charge is -2.34. The maximum atomic E-state index is 4.81. The average Bonchev–Trinajstić information content (AvgIpc) is 2.76. The van der Waals surface area contributed by atoms with E-state index in [9.17, 15) is 0 Å². The number of anilines is 2. The Morgan fingerprint density at radius 3 is 1.57 bits per heavy atom. The zero-order valence-electron chi connectivity index (χ0n) is 17.7. The van der Waals surface area contributed by atoms with Crippen LogP contribution in [0.4, 0.5) is 11.4 Å². The smallest absolute Gasteiger partial charge is 0.0936 e. The first-order valence-corrected chi connectivity index (χ1v) is 10.9. The van der Waals surface area contributed by atoms with Crippen molar-refractivity contribution in [3.05, 3.63) is 72.1 Å². The highest BCUT2D eigenvalue weighted by atomic mass is 15.0. The summed E-state index contributed by atoms with van der Waals surface area (Å²) in [5.74, 6) is 0. The summed E-state index contributed by atoms with van der Waals surface area (Å²) in [5, 5.41) is 10.0. The van der Waals surface area contributed by atoms with Crippen LogP contribution in [0.25, 0.3) is 21.8 Å². The number of nitrogens with zero attached hydrogens (tertiary/aromatic N) is 2. The van der Waals surface area contributed by atoms with Gasteiger partial charge in [0, 0.05) is 34.2 Å². The van der Waals surface area contributed by atoms with Gasteiger partial charge in [-0.1, -0.05) is 49.2 Å². The molecule has 5 rings (SSSR count). The number of benzene rings is 2. The highest BCUT2D eigenvalue weighted by Gasteiger charge is 2.26. The lowest BCUT2D eigenvalue weighted by molar-refractivity contribution is 0.424. The number of nitrogens with one attached hydrogen (secondary N) is 2. The number of hydrogen-bond donors (Lipinski definition) is 2. The maximum Gasteiger partial charge on any atom is 0.0936 e. The van der Waals surface area contributed by atoms with Gasteiger partial charge in [-0.15, -0.1) is 0 Å². The molecular weight excluding hydrogens is 368 g/mol. The van der Waals surface area contributed by atoms with Crippen LogP contribution in [0.2, 0.25) is 0 Å². The number of aryl methyl sites for hydroxylation is 2. The molecule has 4 heteroatoms. The largest absolute Gasteiger partial charge is 0.378 e. The summed E-state index contributed by atoms with van der Waals surface area (Å²) in [5.41, 5.74) is 6.47. The van der Waals surface area contributed by atoms with Crippen molar-refractivity contribution in [2.75, 3.05) is 10.6 Å². The summed E-state index contributed by atoms with van der Waals surface area (Å²) in [6, 6.07) is 22.0. The minimum Gasteiger partial charge on any atom is -0.378 e. The minimum atomic E-state index is 0.353. The zero-order valence-corrected chi connectivity index (χ0v) is 17.7. The van der Waals surface area contributed by atoms with Crippen LogP contribution in [0, 0.1) is 13.8 Å². The Bertz CT molecular complexity index is 1100. The third kappa shape index (κ3) is 3.70. The van der Waals surface area contributed by atoms with Gasteiger partial charge in [-0.2, -0.15) is 0 Å². The Morgan fingerprint density at radius 1 is 0.633 bits per heavy atom. The molecule has 0 radical (unpaired) electrons. The lowest BCUT2D eigenvalue weighted by atomic mass is 9.89. The predicted molar refractivity (Wildman–Crippen MR) is 126 cm³/mol. The zero-order chi connectivity index (χ0) is 20.5. The number of fused-ring (bicyclic) bond motifs is 2. The Hall–Kier alpha value is -3.14. The molecular formula is C26H28N4. The van der Waals surface area contributed by atoms with Gasteiger partial charge in [0.05, 0.1) is 22.4 Å². The van der Waals surface area contributed by atoms with Crippen LogP contribution in [-0.2, 0) is 0 Å². The van der Waals surface area contributed by atoms with Crippen molar-refractivity contribution in [2.24, 2.45) is 0 Å². The number of pyridine rings is 2. The van der Waals surface area contributed by atoms with Gasteiger partial charge in [0.25, 0.3) is 0 Å². The van der Waals surface area contributed by atoms with Gasteiger partial charge in [0.15, 0.2) is 0 Å². The van der Waals surface area contributed by atoms with E-state index >= 15 is 0 Å². The van der Waals surface area contributed by atoms with Gasteiger partial charge >= 0.3 is 0 Å². The van der Waals surface area contributed by atoms with Crippen molar-refractivity contribution in [3.63, 3.8) is 0 Å². The minimum absolute atomic E-state index is 0.353. The molecule has 0 unspecified atom stereocenters. The van der Waals surface area contributed by atoms with Gasteiger partial charge in [0.2, 0.25) is 0 Å². The monoisotopic (exact) mass is 396 g/mol. The SMILES string of the molecule is Cc1ccc2cccc(N[C@H]3CCCC[C@@H]3Nc3cccc4ccc(C)nc34)c2n1. The van der Waals surface area contributed by atoms with Gasteiger partial charge in [-0.25, -0.2) is 0 Å². The van der Waals surface area contributed by atoms with E-state index in [-0.39, 0.29) is 0 Å². The molecule has 0 bridgehead atoms. The van der Waals surface area contributed by atoms with Crippen molar-refractivity contribution in [2.45, 2.75) is 51.6 Å². The van der Waals surface area contributed by atoms with E-state index in [0.717, 1.165) is 46.6 Å². The van der Waals surface area contributed by atoms with Crippen LogP contribution < -0.4 is 10.6 Å². The molecule has 2 aromatic carbocycles. The van der Waals surface area contributed by atoms with E-state index in [4.69, 9.17) is 9.97 Å². The highest BCUT2D eigenvalue weighted by Crippen LogP contribution is 2.30. The van der Waals surface area contributed by atoms with Crippen molar-refractivity contribution in [1.29, 1.82) is 0 Å². The van der Waals surface area contributed by atoms with Crippen LogP contribution in [0.1, 0.15) is 37.1 Å². The molecule has 0 spiro atoms. The molecule has 1 aliphatic carbocycles. The molecule has 2 atom stereocenters. The molecule has 152 valence electrons. The molecule has 0 saturated heterocycles. The van der Waals surface area contributed by atoms with Crippen LogP contribution in [0.5, 0.6) is 0 Å². The molecule has 2 N–H and O–H groups in total. The molecule has 2 aromatic heterocycles. The number of aromatic nitrogens is 2. The Labute approximate surface area is 177 Å². The van der Waals surface area contributed by atoms with Crippen molar-refractivity contribution >= 4 is 33.2 Å². The molecule has 1 saturated carbocycles. The van der Waals surface area contributed by atoms with E-state index in [1.165, 1.54) is 23.6 Å². The third-order valence-electron chi connectivity index (χ3n) is 6.17. The second kappa shape index (κ2) is 7.94. The van der Waals surface area contributed by atoms with Gasteiger partial charge < -0.3 is 10.6 Å². The van der Waals surface area contributed by atoms with Gasteiger partial charge in [0.1, 0.15) is 0 Å². The standard InChI is InChI=1S/C26H28N4/c1-17-13-15-19-7-5-11-23(25(19)27-17)29-21-9-3-4-10-22(21)30-24-12-6-8-20-16-14-18(2)28-26(20)24/h5-8,11-16,21-22,29-30H,3-4,9-10H2,1-2H3/t21-,22-/m0/s1. The lowest BCUT2D eigenvalue weighted by Crippen LogP contribution is -2.41. The second-order valence-electron chi connectivity index (χ2n) is 8.45. The Kier molecular flexibility index (Phi) is 4.99. The van der Waals surface area contributed by atoms with E-state index in [2.05, 4.69) is 85.1 Å². The highest BCUT2D eigenvalue weighted by molar-refractivity contribution is 5.91. The third-order valence-corrected chi connectivity index (χ3v) is 6.17. The normalized spacial score (nSPS) is 19.1. The molecule has 2 heterocycles. The summed E-state index contributed by atoms with van der Waals surface area (Å²) >= 11 is 0. The van der Waals surface area contributed by atoms with E-state index < -0.39 is 0 Å². The molecule has 0 aliphatic heterocycles.